The van der Waals surface area contributed by atoms with Gasteiger partial charge in [0.1, 0.15) is 0 Å². The van der Waals surface area contributed by atoms with Crippen molar-refractivity contribution in [3.05, 3.63) is 11.8 Å². The largest absolute Gasteiger partial charge is 0.400 e. The molecule has 3 heteroatoms. The minimum Gasteiger partial charge on any atom is -0.400 e. The van der Waals surface area contributed by atoms with Gasteiger partial charge in [-0.2, -0.15) is 0 Å². The van der Waals surface area contributed by atoms with Crippen LogP contribution in [0, 0.1) is 0 Å². The quantitative estimate of drug-likeness (QED) is 0.581. The third-order valence-corrected chi connectivity index (χ3v) is 0.862. The topological polar surface area (TPSA) is 52.3 Å². The molecule has 58 valence electrons. The number of ketones is 1. The van der Waals surface area contributed by atoms with Crippen LogP contribution in [0.5, 0.6) is 0 Å². The normalized spacial score (nSPS) is 11.6. The molecule has 0 aromatic heterocycles. The summed E-state index contributed by atoms with van der Waals surface area (Å²) in [6, 6.07) is 0. The fraction of sp³-hybridized carbons (Fsp3) is 0.571. The molecule has 0 amide bonds. The molecule has 0 aromatic carbocycles. The maximum atomic E-state index is 10.4. The first-order chi connectivity index (χ1) is 4.66. The molecule has 0 saturated carbocycles. The summed E-state index contributed by atoms with van der Waals surface area (Å²) in [6.07, 6.45) is 1.37. The molecule has 3 nitrogen and oxygen atoms in total. The lowest BCUT2D eigenvalue weighted by Gasteiger charge is -1.98. The highest BCUT2D eigenvalue weighted by molar-refractivity contribution is 5.87. The first-order valence-corrected chi connectivity index (χ1v) is 3.21. The molecule has 0 saturated heterocycles. The number of rotatable bonds is 4. The average molecular weight is 143 g/mol. The summed E-state index contributed by atoms with van der Waals surface area (Å²) >= 11 is 0. The van der Waals surface area contributed by atoms with Gasteiger partial charge in [0.25, 0.3) is 0 Å². The molecule has 0 aliphatic rings. The molecule has 0 heterocycles. The number of allylic oxidation sites excluding steroid dienone is 1. The Morgan fingerprint density at radius 3 is 2.70 bits per heavy atom. The van der Waals surface area contributed by atoms with Crippen LogP contribution in [0.2, 0.25) is 0 Å². The minimum atomic E-state index is -0.0443. The lowest BCUT2D eigenvalue weighted by atomic mass is 10.3. The monoisotopic (exact) mass is 143 g/mol. The van der Waals surface area contributed by atoms with E-state index in [1.807, 2.05) is 6.92 Å². The van der Waals surface area contributed by atoms with E-state index in [9.17, 15) is 4.79 Å². The molecule has 0 aliphatic carbocycles. The Bertz CT molecular complexity index is 141. The van der Waals surface area contributed by atoms with E-state index >= 15 is 0 Å². The summed E-state index contributed by atoms with van der Waals surface area (Å²) in [6.45, 7) is 4.29. The second-order valence-corrected chi connectivity index (χ2v) is 1.97. The van der Waals surface area contributed by atoms with Crippen molar-refractivity contribution in [2.75, 3.05) is 13.2 Å². The molecule has 2 N–H and O–H groups in total. The zero-order valence-electron chi connectivity index (χ0n) is 6.39. The Hall–Kier alpha value is -0.830. The van der Waals surface area contributed by atoms with Crippen LogP contribution < -0.4 is 5.73 Å². The van der Waals surface area contributed by atoms with E-state index < -0.39 is 0 Å². The molecule has 0 radical (unpaired) electrons. The smallest absolute Gasteiger partial charge is 0.154 e. The van der Waals surface area contributed by atoms with E-state index in [1.165, 1.54) is 13.0 Å². The molecule has 0 unspecified atom stereocenters. The van der Waals surface area contributed by atoms with E-state index in [1.54, 1.807) is 0 Å². The number of ether oxygens (including phenoxy) is 1. The van der Waals surface area contributed by atoms with Gasteiger partial charge >= 0.3 is 0 Å². The minimum absolute atomic E-state index is 0.0443. The van der Waals surface area contributed by atoms with Crippen LogP contribution >= 0.6 is 0 Å². The summed E-state index contributed by atoms with van der Waals surface area (Å²) in [5.41, 5.74) is 5.86. The molecule has 0 bridgehead atoms. The van der Waals surface area contributed by atoms with Crippen LogP contribution in [-0.4, -0.2) is 19.0 Å². The third kappa shape index (κ3) is 5.31. The van der Waals surface area contributed by atoms with E-state index in [0.717, 1.165) is 0 Å². The standard InChI is InChI=1S/C7H13NO2/c1-3-10-5-7(8)4-6(2)9/h4H,3,5,8H2,1-2H3/b7-4-. The zero-order chi connectivity index (χ0) is 7.98. The fourth-order valence-electron chi connectivity index (χ4n) is 0.523. The van der Waals surface area contributed by atoms with Gasteiger partial charge in [0, 0.05) is 18.4 Å². The molecule has 0 aromatic rings. The first kappa shape index (κ1) is 9.17. The molecule has 0 fully saturated rings. The van der Waals surface area contributed by atoms with Gasteiger partial charge in [-0.1, -0.05) is 0 Å². The van der Waals surface area contributed by atoms with Crippen LogP contribution in [-0.2, 0) is 9.53 Å². The van der Waals surface area contributed by atoms with Crippen LogP contribution in [0.4, 0.5) is 0 Å². The summed E-state index contributed by atoms with van der Waals surface area (Å²) in [4.78, 5) is 10.4. The van der Waals surface area contributed by atoms with Crippen LogP contribution in [0.3, 0.4) is 0 Å². The highest BCUT2D eigenvalue weighted by atomic mass is 16.5. The maximum Gasteiger partial charge on any atom is 0.154 e. The van der Waals surface area contributed by atoms with E-state index in [2.05, 4.69) is 0 Å². The number of hydrogen-bond acceptors (Lipinski definition) is 3. The number of nitrogens with two attached hydrogens (primary N) is 1. The Balaban J connectivity index is 3.60. The first-order valence-electron chi connectivity index (χ1n) is 3.21. The Morgan fingerprint density at radius 1 is 1.70 bits per heavy atom. The Morgan fingerprint density at radius 2 is 2.30 bits per heavy atom. The van der Waals surface area contributed by atoms with Crippen molar-refractivity contribution in [3.8, 4) is 0 Å². The van der Waals surface area contributed by atoms with Crippen LogP contribution in [0.25, 0.3) is 0 Å². The fourth-order valence-corrected chi connectivity index (χ4v) is 0.523. The average Bonchev–Trinajstić information content (AvgIpc) is 1.82. The van der Waals surface area contributed by atoms with Gasteiger partial charge in [0.15, 0.2) is 5.78 Å². The van der Waals surface area contributed by atoms with Gasteiger partial charge in [-0.3, -0.25) is 4.79 Å². The van der Waals surface area contributed by atoms with E-state index in [0.29, 0.717) is 18.9 Å². The molecular formula is C7H13NO2. The van der Waals surface area contributed by atoms with Crippen molar-refractivity contribution in [2.45, 2.75) is 13.8 Å². The van der Waals surface area contributed by atoms with Gasteiger partial charge in [-0.05, 0) is 13.8 Å². The van der Waals surface area contributed by atoms with Crippen molar-refractivity contribution >= 4 is 5.78 Å². The second kappa shape index (κ2) is 4.99. The van der Waals surface area contributed by atoms with Gasteiger partial charge < -0.3 is 10.5 Å². The summed E-state index contributed by atoms with van der Waals surface area (Å²) in [7, 11) is 0. The van der Waals surface area contributed by atoms with E-state index in [4.69, 9.17) is 10.5 Å². The summed E-state index contributed by atoms with van der Waals surface area (Å²) in [5, 5.41) is 0. The van der Waals surface area contributed by atoms with Crippen LogP contribution in [0.15, 0.2) is 11.8 Å². The van der Waals surface area contributed by atoms with Crippen molar-refractivity contribution in [1.29, 1.82) is 0 Å². The lowest BCUT2D eigenvalue weighted by molar-refractivity contribution is -0.112. The van der Waals surface area contributed by atoms with Crippen molar-refractivity contribution in [1.82, 2.24) is 0 Å². The Labute approximate surface area is 60.9 Å². The zero-order valence-corrected chi connectivity index (χ0v) is 6.39. The van der Waals surface area contributed by atoms with Gasteiger partial charge in [-0.25, -0.2) is 0 Å². The van der Waals surface area contributed by atoms with Crippen LogP contribution in [0.1, 0.15) is 13.8 Å². The SMILES string of the molecule is CCOC/C(N)=C/C(C)=O. The molecular weight excluding hydrogens is 130 g/mol. The third-order valence-electron chi connectivity index (χ3n) is 0.862. The van der Waals surface area contributed by atoms with Gasteiger partial charge in [-0.15, -0.1) is 0 Å². The van der Waals surface area contributed by atoms with Crippen molar-refractivity contribution in [3.63, 3.8) is 0 Å². The highest BCUT2D eigenvalue weighted by Crippen LogP contribution is 1.86. The van der Waals surface area contributed by atoms with E-state index in [-0.39, 0.29) is 5.78 Å². The predicted molar refractivity (Wildman–Crippen MR) is 39.4 cm³/mol. The van der Waals surface area contributed by atoms with Crippen molar-refractivity contribution in [2.24, 2.45) is 5.73 Å². The second-order valence-electron chi connectivity index (χ2n) is 1.97. The number of carbonyl (C=O) groups excluding carboxylic acids is 1. The highest BCUT2D eigenvalue weighted by Gasteiger charge is 1.90. The predicted octanol–water partition coefficient (Wildman–Crippen LogP) is 0.455. The molecule has 10 heavy (non-hydrogen) atoms. The number of hydrogen-bond donors (Lipinski definition) is 1. The van der Waals surface area contributed by atoms with Gasteiger partial charge in [0.05, 0.1) is 6.61 Å². The number of carbonyl (C=O) groups is 1. The molecule has 0 aliphatic heterocycles. The summed E-state index contributed by atoms with van der Waals surface area (Å²) in [5.74, 6) is -0.0443. The van der Waals surface area contributed by atoms with Crippen molar-refractivity contribution < 1.29 is 9.53 Å². The molecule has 0 rings (SSSR count). The Kier molecular flexibility index (Phi) is 4.58. The lowest BCUT2D eigenvalue weighted by Crippen LogP contribution is -2.08. The molecule has 0 spiro atoms. The van der Waals surface area contributed by atoms with Gasteiger partial charge in [0.2, 0.25) is 0 Å². The maximum absolute atomic E-state index is 10.4. The molecule has 0 atom stereocenters. The summed E-state index contributed by atoms with van der Waals surface area (Å²) < 4.78 is 4.95.